The van der Waals surface area contributed by atoms with Gasteiger partial charge >= 0.3 is 6.18 Å². The molecule has 1 aliphatic heterocycles. The van der Waals surface area contributed by atoms with Crippen LogP contribution in [0.3, 0.4) is 0 Å². The van der Waals surface area contributed by atoms with Crippen molar-refractivity contribution >= 4 is 29.1 Å². The number of alkyl halides is 3. The molecule has 2 N–H and O–H groups in total. The highest BCUT2D eigenvalue weighted by atomic mass is 35.5. The maximum Gasteiger partial charge on any atom is 0.416 e. The number of hydrogen-bond donors (Lipinski definition) is 2. The molecule has 0 saturated heterocycles. The van der Waals surface area contributed by atoms with E-state index in [1.807, 2.05) is 0 Å². The first-order valence-corrected chi connectivity index (χ1v) is 12.0. The van der Waals surface area contributed by atoms with Crippen molar-refractivity contribution in [3.05, 3.63) is 93.0 Å². The number of anilines is 1. The van der Waals surface area contributed by atoms with Crippen LogP contribution < -0.4 is 15.4 Å². The van der Waals surface area contributed by atoms with Gasteiger partial charge in [0.05, 0.1) is 34.8 Å². The topological polar surface area (TPSA) is 91.2 Å². The number of nitrogens with zero attached hydrogens (tertiary/aromatic N) is 1. The lowest BCUT2D eigenvalue weighted by atomic mass is 9.83. The molecule has 5 rings (SSSR count). The Hall–Kier alpha value is -4.17. The summed E-state index contributed by atoms with van der Waals surface area (Å²) in [5.41, 5.74) is -1.60. The van der Waals surface area contributed by atoms with Crippen LogP contribution >= 0.6 is 11.6 Å². The molecule has 3 aromatic rings. The van der Waals surface area contributed by atoms with Gasteiger partial charge < -0.3 is 15.4 Å². The van der Waals surface area contributed by atoms with Crippen LogP contribution in [0.5, 0.6) is 5.75 Å². The van der Waals surface area contributed by atoms with Gasteiger partial charge in [-0.3, -0.25) is 9.59 Å². The molecule has 0 unspecified atom stereocenters. The Bertz CT molecular complexity index is 1550. The minimum Gasteiger partial charge on any atom is -0.490 e. The second kappa shape index (κ2) is 9.85. The third-order valence-electron chi connectivity index (χ3n) is 6.55. The molecule has 39 heavy (non-hydrogen) atoms. The van der Waals surface area contributed by atoms with Gasteiger partial charge in [0.1, 0.15) is 23.5 Å². The van der Waals surface area contributed by atoms with Gasteiger partial charge in [-0.1, -0.05) is 11.6 Å². The fraction of sp³-hybridized carbons (Fsp3) is 0.222. The van der Waals surface area contributed by atoms with E-state index < -0.39 is 46.8 Å². The summed E-state index contributed by atoms with van der Waals surface area (Å²) in [6, 6.07) is 8.80. The van der Waals surface area contributed by atoms with E-state index in [2.05, 4.69) is 16.7 Å². The quantitative estimate of drug-likeness (QED) is 0.353. The van der Waals surface area contributed by atoms with Crippen LogP contribution in [0.4, 0.5) is 27.6 Å². The second-order valence-corrected chi connectivity index (χ2v) is 9.63. The smallest absolute Gasteiger partial charge is 0.416 e. The monoisotopic (exact) mass is 561 g/mol. The molecule has 2 amide bonds. The highest BCUT2D eigenvalue weighted by Crippen LogP contribution is 2.43. The fourth-order valence-corrected chi connectivity index (χ4v) is 4.81. The molecular weight excluding hydrogens is 545 g/mol. The van der Waals surface area contributed by atoms with Crippen LogP contribution in [0.1, 0.15) is 56.3 Å². The zero-order valence-corrected chi connectivity index (χ0v) is 20.5. The standard InChI is InChI=1S/C27H17ClF5N3O3/c28-21-2-1-15(29)8-19(21)24-23-20(26(38)36-24)9-18(39-17-3-12(4-17)11-34)10-22(23)35-25(37)13-5-14(27(31,32)33)7-16(30)6-13/h1-2,5-10,12,17,24H,3-4H2,(H,35,37)(H,36,38)/t12-,17+,24-/m0/s1. The zero-order chi connectivity index (χ0) is 28.1. The summed E-state index contributed by atoms with van der Waals surface area (Å²) in [7, 11) is 0. The van der Waals surface area contributed by atoms with Crippen molar-refractivity contribution in [2.45, 2.75) is 31.2 Å². The average Bonchev–Trinajstić information content (AvgIpc) is 3.18. The number of nitriles is 1. The van der Waals surface area contributed by atoms with E-state index in [-0.39, 0.29) is 51.2 Å². The summed E-state index contributed by atoms with van der Waals surface area (Å²) in [6.07, 6.45) is -4.32. The van der Waals surface area contributed by atoms with Crippen molar-refractivity contribution in [2.24, 2.45) is 5.92 Å². The fourth-order valence-electron chi connectivity index (χ4n) is 4.59. The first kappa shape index (κ1) is 26.4. The van der Waals surface area contributed by atoms with Gasteiger partial charge in [0.15, 0.2) is 0 Å². The summed E-state index contributed by atoms with van der Waals surface area (Å²) in [4.78, 5) is 26.0. The molecule has 1 heterocycles. The van der Waals surface area contributed by atoms with E-state index >= 15 is 0 Å². The van der Waals surface area contributed by atoms with E-state index in [0.717, 1.165) is 12.1 Å². The molecule has 6 nitrogen and oxygen atoms in total. The van der Waals surface area contributed by atoms with Gasteiger partial charge in [-0.2, -0.15) is 18.4 Å². The maximum atomic E-state index is 14.1. The molecule has 2 aliphatic rings. The summed E-state index contributed by atoms with van der Waals surface area (Å²) in [5, 5.41) is 14.3. The number of ether oxygens (including phenoxy) is 1. The van der Waals surface area contributed by atoms with Crippen LogP contribution in [-0.2, 0) is 6.18 Å². The lowest BCUT2D eigenvalue weighted by Gasteiger charge is -2.31. The van der Waals surface area contributed by atoms with E-state index in [0.29, 0.717) is 25.0 Å². The van der Waals surface area contributed by atoms with Gasteiger partial charge in [0, 0.05) is 40.6 Å². The Balaban J connectivity index is 1.57. The summed E-state index contributed by atoms with van der Waals surface area (Å²) < 4.78 is 73.6. The molecule has 12 heteroatoms. The normalized spacial score (nSPS) is 19.9. The van der Waals surface area contributed by atoms with Gasteiger partial charge in [0.2, 0.25) is 0 Å². The Morgan fingerprint density at radius 1 is 1.08 bits per heavy atom. The molecule has 0 spiro atoms. The van der Waals surface area contributed by atoms with Gasteiger partial charge in [-0.05, 0) is 42.5 Å². The van der Waals surface area contributed by atoms with E-state index in [1.54, 1.807) is 0 Å². The van der Waals surface area contributed by atoms with Crippen LogP contribution in [0.15, 0.2) is 48.5 Å². The minimum atomic E-state index is -4.90. The molecule has 1 aliphatic carbocycles. The predicted octanol–water partition coefficient (Wildman–Crippen LogP) is 6.40. The van der Waals surface area contributed by atoms with Crippen molar-refractivity contribution in [1.82, 2.24) is 5.32 Å². The number of nitrogens with one attached hydrogen (secondary N) is 2. The van der Waals surface area contributed by atoms with Crippen LogP contribution in [0.2, 0.25) is 5.02 Å². The highest BCUT2D eigenvalue weighted by molar-refractivity contribution is 6.31. The number of halogens is 6. The Morgan fingerprint density at radius 3 is 2.51 bits per heavy atom. The number of hydrogen-bond acceptors (Lipinski definition) is 4. The summed E-state index contributed by atoms with van der Waals surface area (Å²) in [5.74, 6) is -3.61. The van der Waals surface area contributed by atoms with Crippen molar-refractivity contribution in [3.8, 4) is 11.8 Å². The average molecular weight is 562 g/mol. The molecular formula is C27H17ClF5N3O3. The van der Waals surface area contributed by atoms with Gasteiger partial charge in [-0.25, -0.2) is 8.78 Å². The van der Waals surface area contributed by atoms with E-state index in [4.69, 9.17) is 21.6 Å². The maximum absolute atomic E-state index is 14.1. The number of benzene rings is 3. The lowest BCUT2D eigenvalue weighted by Crippen LogP contribution is -2.32. The molecule has 1 fully saturated rings. The van der Waals surface area contributed by atoms with Gasteiger partial charge in [0.25, 0.3) is 11.8 Å². The Labute approximate surface area is 223 Å². The van der Waals surface area contributed by atoms with E-state index in [1.165, 1.54) is 18.2 Å². The largest absolute Gasteiger partial charge is 0.490 e. The number of rotatable bonds is 5. The SMILES string of the molecule is N#C[C@H]1C[C@@H](Oc2cc(NC(=O)c3cc(F)cc(C(F)(F)F)c3)c3c(c2)C(=O)N[C@H]3c2cc(F)ccc2Cl)C1. The van der Waals surface area contributed by atoms with Gasteiger partial charge in [-0.15, -0.1) is 0 Å². The lowest BCUT2D eigenvalue weighted by molar-refractivity contribution is -0.137. The van der Waals surface area contributed by atoms with Crippen LogP contribution in [-0.4, -0.2) is 17.9 Å². The van der Waals surface area contributed by atoms with E-state index in [9.17, 15) is 31.5 Å². The summed E-state index contributed by atoms with van der Waals surface area (Å²) >= 11 is 6.27. The third kappa shape index (κ3) is 5.25. The first-order chi connectivity index (χ1) is 18.4. The predicted molar refractivity (Wildman–Crippen MR) is 129 cm³/mol. The van der Waals surface area contributed by atoms with Crippen molar-refractivity contribution in [3.63, 3.8) is 0 Å². The summed E-state index contributed by atoms with van der Waals surface area (Å²) in [6.45, 7) is 0. The van der Waals surface area contributed by atoms with Crippen LogP contribution in [0.25, 0.3) is 0 Å². The Kier molecular flexibility index (Phi) is 6.68. The number of fused-ring (bicyclic) bond motifs is 1. The zero-order valence-electron chi connectivity index (χ0n) is 19.7. The molecule has 0 radical (unpaired) electrons. The number of carbonyl (C=O) groups is 2. The number of carbonyl (C=O) groups excluding carboxylic acids is 2. The third-order valence-corrected chi connectivity index (χ3v) is 6.89. The second-order valence-electron chi connectivity index (χ2n) is 9.22. The Morgan fingerprint density at radius 2 is 1.82 bits per heavy atom. The van der Waals surface area contributed by atoms with Crippen molar-refractivity contribution in [2.75, 3.05) is 5.32 Å². The molecule has 0 aromatic heterocycles. The molecule has 0 bridgehead atoms. The molecule has 200 valence electrons. The van der Waals surface area contributed by atoms with Crippen LogP contribution in [0, 0.1) is 28.9 Å². The first-order valence-electron chi connectivity index (χ1n) is 11.6. The minimum absolute atomic E-state index is 0.0369. The number of amides is 2. The molecule has 1 atom stereocenters. The van der Waals surface area contributed by atoms with Crippen molar-refractivity contribution in [1.29, 1.82) is 5.26 Å². The van der Waals surface area contributed by atoms with Crippen molar-refractivity contribution < 1.29 is 36.3 Å². The molecule has 3 aromatic carbocycles. The highest BCUT2D eigenvalue weighted by Gasteiger charge is 2.37. The molecule has 1 saturated carbocycles.